The van der Waals surface area contributed by atoms with Crippen LogP contribution in [0.25, 0.3) is 10.8 Å². The maximum Gasteiger partial charge on any atom is 0.236 e. The molecule has 0 radical (unpaired) electrons. The van der Waals surface area contributed by atoms with Crippen LogP contribution in [0, 0.1) is 0 Å². The topological polar surface area (TPSA) is 38.1 Å². The average molecular weight is 273 g/mol. The second-order valence-electron chi connectivity index (χ2n) is 2.77. The maximum atomic E-state index is 5.54. The number of nitrogens with zero attached hydrogens (tertiary/aromatic N) is 1. The van der Waals surface area contributed by atoms with E-state index in [9.17, 15) is 0 Å². The molecule has 0 spiro atoms. The van der Waals surface area contributed by atoms with E-state index in [1.54, 1.807) is 17.5 Å². The molecule has 0 atom stereocenters. The number of nitrogens with one attached hydrogen (secondary N) is 1. The van der Waals surface area contributed by atoms with Crippen LogP contribution in [-0.4, -0.2) is 12.0 Å². The Bertz CT molecular complexity index is 424. The zero-order valence-electron chi connectivity index (χ0n) is 7.58. The fourth-order valence-electron chi connectivity index (χ4n) is 1.11. The summed E-state index contributed by atoms with van der Waals surface area (Å²) in [5.74, 6) is 1.54. The van der Waals surface area contributed by atoms with Gasteiger partial charge in [0.1, 0.15) is 5.76 Å². The van der Waals surface area contributed by atoms with E-state index in [1.165, 1.54) is 0 Å². The number of thiophene rings is 1. The maximum absolute atomic E-state index is 5.54. The minimum Gasteiger partial charge on any atom is -0.439 e. The molecule has 0 unspecified atom stereocenters. The van der Waals surface area contributed by atoms with E-state index >= 15 is 0 Å². The molecule has 0 aliphatic carbocycles. The van der Waals surface area contributed by atoms with E-state index in [-0.39, 0.29) is 0 Å². The first-order valence-electron chi connectivity index (χ1n) is 4.14. The van der Waals surface area contributed by atoms with Crippen molar-refractivity contribution < 1.29 is 4.42 Å². The number of halogens is 1. The second-order valence-corrected chi connectivity index (χ2v) is 5.23. The molecule has 14 heavy (non-hydrogen) atoms. The van der Waals surface area contributed by atoms with E-state index in [0.717, 1.165) is 14.4 Å². The Kier molecular flexibility index (Phi) is 3.00. The first kappa shape index (κ1) is 9.89. The van der Waals surface area contributed by atoms with Gasteiger partial charge in [-0.3, -0.25) is 0 Å². The molecule has 0 aromatic carbocycles. The Morgan fingerprint density at radius 3 is 3.07 bits per heavy atom. The number of rotatable bonds is 3. The van der Waals surface area contributed by atoms with Crippen LogP contribution < -0.4 is 5.32 Å². The molecule has 0 saturated carbocycles. The van der Waals surface area contributed by atoms with E-state index in [0.29, 0.717) is 12.4 Å². The zero-order valence-corrected chi connectivity index (χ0v) is 9.98. The van der Waals surface area contributed by atoms with Crippen molar-refractivity contribution in [3.63, 3.8) is 0 Å². The molecule has 0 fully saturated rings. The van der Waals surface area contributed by atoms with Gasteiger partial charge < -0.3 is 9.73 Å². The van der Waals surface area contributed by atoms with E-state index in [4.69, 9.17) is 4.42 Å². The van der Waals surface area contributed by atoms with Crippen LogP contribution in [0.5, 0.6) is 0 Å². The van der Waals surface area contributed by atoms with E-state index in [2.05, 4.69) is 26.2 Å². The van der Waals surface area contributed by atoms with Crippen molar-refractivity contribution >= 4 is 27.3 Å². The minimum atomic E-state index is 0.686. The summed E-state index contributed by atoms with van der Waals surface area (Å²) in [6, 6.07) is 3.98. The summed E-state index contributed by atoms with van der Waals surface area (Å²) >= 11 is 5.02. The Balaban J connectivity index is 2.24. The molecule has 74 valence electrons. The lowest BCUT2D eigenvalue weighted by Gasteiger charge is -1.91. The SMILES string of the molecule is CNCc1cnc(-c2ccc(Br)s2)o1. The number of hydrogen-bond acceptors (Lipinski definition) is 4. The molecule has 0 aliphatic heterocycles. The second kappa shape index (κ2) is 4.25. The molecule has 0 aliphatic rings. The molecule has 2 heterocycles. The lowest BCUT2D eigenvalue weighted by molar-refractivity contribution is 0.504. The molecule has 0 bridgehead atoms. The summed E-state index contributed by atoms with van der Waals surface area (Å²) in [5, 5.41) is 3.01. The van der Waals surface area contributed by atoms with Crippen LogP contribution in [0.4, 0.5) is 0 Å². The van der Waals surface area contributed by atoms with Crippen molar-refractivity contribution in [3.8, 4) is 10.8 Å². The van der Waals surface area contributed by atoms with Crippen molar-refractivity contribution in [2.45, 2.75) is 6.54 Å². The monoisotopic (exact) mass is 272 g/mol. The van der Waals surface area contributed by atoms with Gasteiger partial charge in [-0.15, -0.1) is 11.3 Å². The quantitative estimate of drug-likeness (QED) is 0.934. The van der Waals surface area contributed by atoms with Crippen LogP contribution in [-0.2, 0) is 6.54 Å². The summed E-state index contributed by atoms with van der Waals surface area (Å²) in [4.78, 5) is 5.24. The fraction of sp³-hybridized carbons (Fsp3) is 0.222. The first-order valence-corrected chi connectivity index (χ1v) is 5.75. The predicted octanol–water partition coefficient (Wildman–Crippen LogP) is 2.89. The average Bonchev–Trinajstić information content (AvgIpc) is 2.74. The molecule has 2 rings (SSSR count). The highest BCUT2D eigenvalue weighted by molar-refractivity contribution is 9.11. The summed E-state index contributed by atoms with van der Waals surface area (Å²) in [5.41, 5.74) is 0. The Morgan fingerprint density at radius 2 is 2.43 bits per heavy atom. The lowest BCUT2D eigenvalue weighted by Crippen LogP contribution is -2.03. The summed E-state index contributed by atoms with van der Waals surface area (Å²) in [6.45, 7) is 0.708. The van der Waals surface area contributed by atoms with Gasteiger partial charge in [0.2, 0.25) is 5.89 Å². The normalized spacial score (nSPS) is 10.7. The molecular weight excluding hydrogens is 264 g/mol. The Morgan fingerprint density at radius 1 is 1.57 bits per heavy atom. The van der Waals surface area contributed by atoms with Gasteiger partial charge >= 0.3 is 0 Å². The minimum absolute atomic E-state index is 0.686. The van der Waals surface area contributed by atoms with Crippen LogP contribution >= 0.6 is 27.3 Å². The Labute approximate surface area is 94.3 Å². The van der Waals surface area contributed by atoms with Gasteiger partial charge in [-0.1, -0.05) is 0 Å². The zero-order chi connectivity index (χ0) is 9.97. The van der Waals surface area contributed by atoms with Gasteiger partial charge in [0.25, 0.3) is 0 Å². The molecule has 2 aromatic rings. The predicted molar refractivity (Wildman–Crippen MR) is 60.3 cm³/mol. The van der Waals surface area contributed by atoms with Gasteiger partial charge in [-0.2, -0.15) is 0 Å². The van der Waals surface area contributed by atoms with Gasteiger partial charge in [0, 0.05) is 0 Å². The molecule has 1 N–H and O–H groups in total. The largest absolute Gasteiger partial charge is 0.439 e. The standard InChI is InChI=1S/C9H9BrN2OS/c1-11-4-6-5-12-9(13-6)7-2-3-8(10)14-7/h2-3,5,11H,4H2,1H3. The van der Waals surface area contributed by atoms with Gasteiger partial charge in [-0.25, -0.2) is 4.98 Å². The van der Waals surface area contributed by atoms with Crippen molar-refractivity contribution in [2.24, 2.45) is 0 Å². The van der Waals surface area contributed by atoms with Crippen LogP contribution in [0.3, 0.4) is 0 Å². The number of aromatic nitrogens is 1. The molecular formula is C9H9BrN2OS. The lowest BCUT2D eigenvalue weighted by atomic mass is 10.5. The number of oxazole rings is 1. The highest BCUT2D eigenvalue weighted by Gasteiger charge is 2.07. The Hall–Kier alpha value is -0.650. The van der Waals surface area contributed by atoms with E-state index in [1.807, 2.05) is 19.2 Å². The third kappa shape index (κ3) is 2.05. The van der Waals surface area contributed by atoms with Crippen molar-refractivity contribution in [3.05, 3.63) is 27.9 Å². The van der Waals surface area contributed by atoms with Crippen molar-refractivity contribution in [1.82, 2.24) is 10.3 Å². The van der Waals surface area contributed by atoms with Gasteiger partial charge in [-0.05, 0) is 35.1 Å². The first-order chi connectivity index (χ1) is 6.79. The molecule has 2 aromatic heterocycles. The molecule has 3 nitrogen and oxygen atoms in total. The summed E-state index contributed by atoms with van der Waals surface area (Å²) in [6.07, 6.45) is 1.75. The van der Waals surface area contributed by atoms with Crippen molar-refractivity contribution in [1.29, 1.82) is 0 Å². The fourth-order valence-corrected chi connectivity index (χ4v) is 2.43. The van der Waals surface area contributed by atoms with Crippen molar-refractivity contribution in [2.75, 3.05) is 7.05 Å². The third-order valence-corrected chi connectivity index (χ3v) is 3.30. The van der Waals surface area contributed by atoms with E-state index < -0.39 is 0 Å². The summed E-state index contributed by atoms with van der Waals surface area (Å²) < 4.78 is 6.62. The third-order valence-electron chi connectivity index (χ3n) is 1.69. The highest BCUT2D eigenvalue weighted by atomic mass is 79.9. The van der Waals surface area contributed by atoms with Gasteiger partial charge in [0.05, 0.1) is 21.4 Å². The smallest absolute Gasteiger partial charge is 0.236 e. The number of hydrogen-bond donors (Lipinski definition) is 1. The molecule has 0 amide bonds. The molecule has 0 saturated heterocycles. The van der Waals surface area contributed by atoms with Crippen LogP contribution in [0.15, 0.2) is 26.5 Å². The van der Waals surface area contributed by atoms with Gasteiger partial charge in [0.15, 0.2) is 0 Å². The van der Waals surface area contributed by atoms with Crippen LogP contribution in [0.2, 0.25) is 0 Å². The summed E-state index contributed by atoms with van der Waals surface area (Å²) in [7, 11) is 1.88. The van der Waals surface area contributed by atoms with Crippen LogP contribution in [0.1, 0.15) is 5.76 Å². The molecule has 5 heteroatoms. The highest BCUT2D eigenvalue weighted by Crippen LogP contribution is 2.30.